The molecule has 0 saturated heterocycles. The molecular weight excluding hydrogens is 200 g/mol. The van der Waals surface area contributed by atoms with Gasteiger partial charge >= 0.3 is 0 Å². The summed E-state index contributed by atoms with van der Waals surface area (Å²) in [6.07, 6.45) is 0. The van der Waals surface area contributed by atoms with Crippen LogP contribution in [0.4, 0.5) is 0 Å². The Bertz CT molecular complexity index is 324. The fourth-order valence-corrected chi connectivity index (χ4v) is 1.55. The lowest BCUT2D eigenvalue weighted by molar-refractivity contribution is 0.0677. The molecule has 4 nitrogen and oxygen atoms in total. The maximum Gasteiger partial charge on any atom is 0.273 e. The summed E-state index contributed by atoms with van der Waals surface area (Å²) in [5.74, 6) is -0.143. The van der Waals surface area contributed by atoms with E-state index in [1.807, 2.05) is 6.92 Å². The molecule has 0 aliphatic heterocycles. The van der Waals surface area contributed by atoms with Crippen LogP contribution in [0.5, 0.6) is 0 Å². The smallest absolute Gasteiger partial charge is 0.273 e. The van der Waals surface area contributed by atoms with E-state index in [9.17, 15) is 4.79 Å². The van der Waals surface area contributed by atoms with Crippen molar-refractivity contribution in [2.24, 2.45) is 0 Å². The molecule has 0 saturated carbocycles. The summed E-state index contributed by atoms with van der Waals surface area (Å²) in [5, 5.41) is 11.5. The van der Waals surface area contributed by atoms with Gasteiger partial charge in [0.1, 0.15) is 5.69 Å². The van der Waals surface area contributed by atoms with Crippen LogP contribution in [0.3, 0.4) is 0 Å². The number of carbonyl (C=O) groups excluding carboxylic acids is 1. The van der Waals surface area contributed by atoms with Gasteiger partial charge in [-0.2, -0.15) is 0 Å². The second-order valence-corrected chi connectivity index (χ2v) is 4.26. The minimum atomic E-state index is -0.176. The molecule has 1 rings (SSSR count). The van der Waals surface area contributed by atoms with Gasteiger partial charge < -0.3 is 10.0 Å². The molecule has 1 atom stereocenters. The van der Waals surface area contributed by atoms with E-state index < -0.39 is 0 Å². The predicted octanol–water partition coefficient (Wildman–Crippen LogP) is 0.904. The molecule has 1 unspecified atom stereocenters. The zero-order valence-electron chi connectivity index (χ0n) is 8.52. The lowest BCUT2D eigenvalue weighted by Crippen LogP contribution is -2.37. The first-order valence-electron chi connectivity index (χ1n) is 4.36. The van der Waals surface area contributed by atoms with Crippen LogP contribution in [0.1, 0.15) is 22.4 Å². The van der Waals surface area contributed by atoms with Gasteiger partial charge in [-0.3, -0.25) is 4.79 Å². The summed E-state index contributed by atoms with van der Waals surface area (Å²) in [6, 6.07) is -0.176. The van der Waals surface area contributed by atoms with Gasteiger partial charge in [-0.1, -0.05) is 0 Å². The van der Waals surface area contributed by atoms with Gasteiger partial charge in [0.2, 0.25) is 0 Å². The number of hydrogen-bond donors (Lipinski definition) is 1. The molecule has 0 fully saturated rings. The van der Waals surface area contributed by atoms with Gasteiger partial charge in [0.15, 0.2) is 0 Å². The Morgan fingerprint density at radius 1 is 1.79 bits per heavy atom. The van der Waals surface area contributed by atoms with Crippen LogP contribution in [0.15, 0.2) is 5.38 Å². The second-order valence-electron chi connectivity index (χ2n) is 3.20. The lowest BCUT2D eigenvalue weighted by Gasteiger charge is -2.21. The van der Waals surface area contributed by atoms with Crippen molar-refractivity contribution in [2.45, 2.75) is 19.9 Å². The Hall–Kier alpha value is -0.940. The number of aliphatic hydroxyl groups excluding tert-OH is 1. The first-order valence-corrected chi connectivity index (χ1v) is 5.24. The summed E-state index contributed by atoms with van der Waals surface area (Å²) in [5.41, 5.74) is 0.454. The van der Waals surface area contributed by atoms with Crippen LogP contribution in [0, 0.1) is 6.92 Å². The maximum atomic E-state index is 11.7. The predicted molar refractivity (Wildman–Crippen MR) is 55.5 cm³/mol. The topological polar surface area (TPSA) is 53.4 Å². The molecule has 0 bridgehead atoms. The van der Waals surface area contributed by atoms with Crippen molar-refractivity contribution in [1.82, 2.24) is 9.88 Å². The molecular formula is C9H14N2O2S. The number of thiazole rings is 1. The van der Waals surface area contributed by atoms with E-state index in [4.69, 9.17) is 5.11 Å². The molecule has 0 aliphatic carbocycles. The van der Waals surface area contributed by atoms with Crippen LogP contribution >= 0.6 is 11.3 Å². The highest BCUT2D eigenvalue weighted by atomic mass is 32.1. The molecule has 0 aromatic carbocycles. The average molecular weight is 214 g/mol. The van der Waals surface area contributed by atoms with E-state index in [0.29, 0.717) is 5.69 Å². The van der Waals surface area contributed by atoms with Gasteiger partial charge in [0.25, 0.3) is 5.91 Å². The number of hydrogen-bond acceptors (Lipinski definition) is 4. The quantitative estimate of drug-likeness (QED) is 0.813. The van der Waals surface area contributed by atoms with Gasteiger partial charge in [-0.15, -0.1) is 11.3 Å². The van der Waals surface area contributed by atoms with Crippen LogP contribution in [-0.2, 0) is 0 Å². The van der Waals surface area contributed by atoms with Crippen LogP contribution in [0.25, 0.3) is 0 Å². The van der Waals surface area contributed by atoms with E-state index in [1.54, 1.807) is 19.4 Å². The fraction of sp³-hybridized carbons (Fsp3) is 0.556. The largest absolute Gasteiger partial charge is 0.394 e. The second kappa shape index (κ2) is 4.52. The van der Waals surface area contributed by atoms with E-state index in [2.05, 4.69) is 4.98 Å². The van der Waals surface area contributed by atoms with E-state index >= 15 is 0 Å². The highest BCUT2D eigenvalue weighted by Gasteiger charge is 2.18. The van der Waals surface area contributed by atoms with Gasteiger partial charge in [-0.05, 0) is 13.8 Å². The number of likely N-dealkylation sites (N-methyl/N-ethyl adjacent to an activating group) is 1. The fourth-order valence-electron chi connectivity index (χ4n) is 0.965. The number of aliphatic hydroxyl groups is 1. The number of aryl methyl sites for hydroxylation is 1. The summed E-state index contributed by atoms with van der Waals surface area (Å²) in [4.78, 5) is 17.3. The Morgan fingerprint density at radius 2 is 2.43 bits per heavy atom. The van der Waals surface area contributed by atoms with E-state index in [1.165, 1.54) is 16.2 Å². The molecule has 0 aliphatic rings. The SMILES string of the molecule is Cc1nc(C(=O)N(C)C(C)CO)cs1. The molecule has 5 heteroatoms. The molecule has 1 amide bonds. The first kappa shape index (κ1) is 11.1. The molecule has 0 spiro atoms. The highest BCUT2D eigenvalue weighted by Crippen LogP contribution is 2.11. The lowest BCUT2D eigenvalue weighted by atomic mass is 10.3. The third kappa shape index (κ3) is 2.30. The van der Waals surface area contributed by atoms with Crippen molar-refractivity contribution in [3.63, 3.8) is 0 Å². The van der Waals surface area contributed by atoms with Crippen LogP contribution in [0.2, 0.25) is 0 Å². The van der Waals surface area contributed by atoms with E-state index in [0.717, 1.165) is 5.01 Å². The third-order valence-corrected chi connectivity index (χ3v) is 2.86. The Morgan fingerprint density at radius 3 is 2.86 bits per heavy atom. The van der Waals surface area contributed by atoms with Crippen molar-refractivity contribution in [3.05, 3.63) is 16.1 Å². The molecule has 1 aromatic rings. The summed E-state index contributed by atoms with van der Waals surface area (Å²) in [7, 11) is 1.66. The van der Waals surface area contributed by atoms with Crippen molar-refractivity contribution < 1.29 is 9.90 Å². The van der Waals surface area contributed by atoms with Gasteiger partial charge in [0.05, 0.1) is 17.7 Å². The number of nitrogens with zero attached hydrogens (tertiary/aromatic N) is 2. The molecule has 1 heterocycles. The minimum absolute atomic E-state index is 0.0363. The monoisotopic (exact) mass is 214 g/mol. The molecule has 14 heavy (non-hydrogen) atoms. The zero-order valence-corrected chi connectivity index (χ0v) is 9.34. The summed E-state index contributed by atoms with van der Waals surface area (Å²) in [6.45, 7) is 3.61. The van der Waals surface area contributed by atoms with Crippen molar-refractivity contribution in [2.75, 3.05) is 13.7 Å². The highest BCUT2D eigenvalue weighted by molar-refractivity contribution is 7.09. The summed E-state index contributed by atoms with van der Waals surface area (Å²) >= 11 is 1.45. The minimum Gasteiger partial charge on any atom is -0.394 e. The number of rotatable bonds is 3. The molecule has 0 radical (unpaired) electrons. The molecule has 1 aromatic heterocycles. The first-order chi connectivity index (χ1) is 6.56. The molecule has 78 valence electrons. The van der Waals surface area contributed by atoms with Crippen molar-refractivity contribution in [1.29, 1.82) is 0 Å². The number of amides is 1. The van der Waals surface area contributed by atoms with Gasteiger partial charge in [0, 0.05) is 12.4 Å². The third-order valence-electron chi connectivity index (χ3n) is 2.08. The van der Waals surface area contributed by atoms with Crippen molar-refractivity contribution in [3.8, 4) is 0 Å². The van der Waals surface area contributed by atoms with Crippen LogP contribution in [-0.4, -0.2) is 40.6 Å². The standard InChI is InChI=1S/C9H14N2O2S/c1-6(4-12)11(3)9(13)8-5-14-7(2)10-8/h5-6,12H,4H2,1-3H3. The van der Waals surface area contributed by atoms with Crippen LogP contribution < -0.4 is 0 Å². The Kier molecular flexibility index (Phi) is 3.60. The Labute approximate surface area is 87.2 Å². The molecule has 1 N–H and O–H groups in total. The number of carbonyl (C=O) groups is 1. The average Bonchev–Trinajstić information content (AvgIpc) is 2.61. The normalized spacial score (nSPS) is 12.6. The van der Waals surface area contributed by atoms with Gasteiger partial charge in [-0.25, -0.2) is 4.98 Å². The maximum absolute atomic E-state index is 11.7. The summed E-state index contributed by atoms with van der Waals surface area (Å²) < 4.78 is 0. The van der Waals surface area contributed by atoms with E-state index in [-0.39, 0.29) is 18.6 Å². The Balaban J connectivity index is 2.75. The zero-order chi connectivity index (χ0) is 10.7. The number of aromatic nitrogens is 1. The van der Waals surface area contributed by atoms with Crippen molar-refractivity contribution >= 4 is 17.2 Å².